The molecular weight excluding hydrogens is 348 g/mol. The van der Waals surface area contributed by atoms with Crippen molar-refractivity contribution in [3.8, 4) is 0 Å². The molecule has 0 aliphatic carbocycles. The van der Waals surface area contributed by atoms with E-state index >= 15 is 0 Å². The van der Waals surface area contributed by atoms with Crippen LogP contribution in [0, 0.1) is 10.1 Å². The van der Waals surface area contributed by atoms with E-state index in [4.69, 9.17) is 0 Å². The van der Waals surface area contributed by atoms with Crippen molar-refractivity contribution in [1.29, 1.82) is 0 Å². The maximum atomic E-state index is 12.2. The molecule has 1 unspecified atom stereocenters. The summed E-state index contributed by atoms with van der Waals surface area (Å²) in [7, 11) is 0. The second-order valence-corrected chi connectivity index (χ2v) is 6.43. The molecule has 0 radical (unpaired) electrons. The van der Waals surface area contributed by atoms with E-state index in [1.54, 1.807) is 6.92 Å². The van der Waals surface area contributed by atoms with E-state index < -0.39 is 16.9 Å². The van der Waals surface area contributed by atoms with Crippen LogP contribution < -0.4 is 16.0 Å². The zero-order valence-corrected chi connectivity index (χ0v) is 14.8. The molecule has 2 amide bonds. The van der Waals surface area contributed by atoms with Gasteiger partial charge >= 0.3 is 0 Å². The number of fused-ring (bicyclic) bond motifs is 1. The number of benzene rings is 2. The zero-order chi connectivity index (χ0) is 19.4. The minimum atomic E-state index is -0.771. The van der Waals surface area contributed by atoms with Crippen LogP contribution in [0.3, 0.4) is 0 Å². The van der Waals surface area contributed by atoms with Crippen molar-refractivity contribution in [3.63, 3.8) is 0 Å². The van der Waals surface area contributed by atoms with E-state index in [0.717, 1.165) is 18.7 Å². The van der Waals surface area contributed by atoms with Crippen LogP contribution in [0.1, 0.15) is 34.0 Å². The van der Waals surface area contributed by atoms with Crippen molar-refractivity contribution < 1.29 is 14.5 Å². The lowest BCUT2D eigenvalue weighted by Gasteiger charge is -2.14. The predicted octanol–water partition coefficient (Wildman–Crippen LogP) is 1.63. The monoisotopic (exact) mass is 368 g/mol. The van der Waals surface area contributed by atoms with Crippen LogP contribution >= 0.6 is 0 Å². The fourth-order valence-electron chi connectivity index (χ4n) is 2.91. The zero-order valence-electron chi connectivity index (χ0n) is 14.8. The Morgan fingerprint density at radius 3 is 2.74 bits per heavy atom. The maximum absolute atomic E-state index is 12.2. The van der Waals surface area contributed by atoms with Gasteiger partial charge in [-0.15, -0.1) is 0 Å². The Hall–Kier alpha value is -3.26. The summed E-state index contributed by atoms with van der Waals surface area (Å²) in [6, 6.07) is 10.7. The van der Waals surface area contributed by atoms with Gasteiger partial charge in [-0.1, -0.05) is 24.3 Å². The van der Waals surface area contributed by atoms with Gasteiger partial charge in [0.25, 0.3) is 11.6 Å². The van der Waals surface area contributed by atoms with Crippen molar-refractivity contribution in [2.75, 3.05) is 0 Å². The summed E-state index contributed by atoms with van der Waals surface area (Å²) >= 11 is 0. The minimum absolute atomic E-state index is 0.134. The van der Waals surface area contributed by atoms with Gasteiger partial charge in [-0.25, -0.2) is 0 Å². The smallest absolute Gasteiger partial charge is 0.270 e. The van der Waals surface area contributed by atoms with E-state index in [2.05, 4.69) is 22.0 Å². The molecule has 0 fully saturated rings. The molecule has 0 aromatic heterocycles. The highest BCUT2D eigenvalue weighted by molar-refractivity contribution is 5.97. The summed E-state index contributed by atoms with van der Waals surface area (Å²) in [6.45, 7) is 3.62. The van der Waals surface area contributed by atoms with E-state index in [0.29, 0.717) is 6.54 Å². The third kappa shape index (κ3) is 4.48. The van der Waals surface area contributed by atoms with Gasteiger partial charge in [-0.3, -0.25) is 19.7 Å². The molecule has 0 bridgehead atoms. The molecule has 1 heterocycles. The van der Waals surface area contributed by atoms with Crippen molar-refractivity contribution >= 4 is 17.5 Å². The number of nitrogens with one attached hydrogen (secondary N) is 3. The molecule has 1 aliphatic heterocycles. The van der Waals surface area contributed by atoms with Crippen molar-refractivity contribution in [3.05, 3.63) is 74.8 Å². The second-order valence-electron chi connectivity index (χ2n) is 6.43. The van der Waals surface area contributed by atoms with Gasteiger partial charge in [-0.05, 0) is 29.7 Å². The fourth-order valence-corrected chi connectivity index (χ4v) is 2.91. The average molecular weight is 368 g/mol. The minimum Gasteiger partial charge on any atom is -0.350 e. The Labute approximate surface area is 156 Å². The third-order valence-corrected chi connectivity index (χ3v) is 4.43. The van der Waals surface area contributed by atoms with Crippen LogP contribution in [0.15, 0.2) is 42.5 Å². The standard InChI is InChI=1S/C19H20N4O4/c1-12(22-19(25)14-3-2-4-17(8-14)23(26)27)18(24)21-9-13-5-6-15-10-20-11-16(15)7-13/h2-8,12,20H,9-11H2,1H3,(H,21,24)(H,22,25). The summed E-state index contributed by atoms with van der Waals surface area (Å²) < 4.78 is 0. The first-order valence-corrected chi connectivity index (χ1v) is 8.58. The molecule has 140 valence electrons. The lowest BCUT2D eigenvalue weighted by molar-refractivity contribution is -0.384. The Morgan fingerprint density at radius 1 is 1.19 bits per heavy atom. The van der Waals surface area contributed by atoms with Gasteiger partial charge in [0.15, 0.2) is 0 Å². The molecule has 0 spiro atoms. The van der Waals surface area contributed by atoms with E-state index in [-0.39, 0.29) is 17.2 Å². The Balaban J connectivity index is 1.55. The topological polar surface area (TPSA) is 113 Å². The summed E-state index contributed by atoms with van der Waals surface area (Å²) in [4.78, 5) is 34.7. The molecule has 0 saturated carbocycles. The number of non-ortho nitro benzene ring substituents is 1. The SMILES string of the molecule is CC(NC(=O)c1cccc([N+](=O)[O-])c1)C(=O)NCc1ccc2c(c1)CNC2. The molecular formula is C19H20N4O4. The number of carbonyl (C=O) groups is 2. The molecule has 1 atom stereocenters. The number of hydrogen-bond donors (Lipinski definition) is 3. The van der Waals surface area contributed by atoms with Gasteiger partial charge in [-0.2, -0.15) is 0 Å². The van der Waals surface area contributed by atoms with Crippen LogP contribution in [0.25, 0.3) is 0 Å². The molecule has 2 aromatic rings. The number of amides is 2. The van der Waals surface area contributed by atoms with E-state index in [9.17, 15) is 19.7 Å². The van der Waals surface area contributed by atoms with Gasteiger partial charge in [0.1, 0.15) is 6.04 Å². The molecule has 0 saturated heterocycles. The first-order chi connectivity index (χ1) is 12.9. The largest absolute Gasteiger partial charge is 0.350 e. The summed E-state index contributed by atoms with van der Waals surface area (Å²) in [5.41, 5.74) is 3.44. The van der Waals surface area contributed by atoms with Crippen molar-refractivity contribution in [2.24, 2.45) is 0 Å². The number of nitro benzene ring substituents is 1. The Bertz CT molecular complexity index is 897. The average Bonchev–Trinajstić information content (AvgIpc) is 3.13. The highest BCUT2D eigenvalue weighted by atomic mass is 16.6. The molecule has 3 rings (SSSR count). The molecule has 3 N–H and O–H groups in total. The highest BCUT2D eigenvalue weighted by Gasteiger charge is 2.18. The van der Waals surface area contributed by atoms with Crippen LogP contribution in [-0.4, -0.2) is 22.8 Å². The van der Waals surface area contributed by atoms with Crippen LogP contribution in [0.4, 0.5) is 5.69 Å². The number of rotatable bonds is 6. The normalized spacial score (nSPS) is 13.5. The first-order valence-electron chi connectivity index (χ1n) is 8.58. The predicted molar refractivity (Wildman–Crippen MR) is 98.9 cm³/mol. The van der Waals surface area contributed by atoms with Gasteiger partial charge in [0.2, 0.25) is 5.91 Å². The third-order valence-electron chi connectivity index (χ3n) is 4.43. The highest BCUT2D eigenvalue weighted by Crippen LogP contribution is 2.17. The Kier molecular flexibility index (Phi) is 5.46. The molecule has 2 aromatic carbocycles. The lowest BCUT2D eigenvalue weighted by atomic mass is 10.1. The fraction of sp³-hybridized carbons (Fsp3) is 0.263. The summed E-state index contributed by atoms with van der Waals surface area (Å²) in [5.74, 6) is -0.864. The quantitative estimate of drug-likeness (QED) is 0.530. The van der Waals surface area contributed by atoms with Gasteiger partial charge in [0.05, 0.1) is 4.92 Å². The van der Waals surface area contributed by atoms with E-state index in [1.165, 1.54) is 35.4 Å². The molecule has 1 aliphatic rings. The first kappa shape index (κ1) is 18.5. The van der Waals surface area contributed by atoms with Crippen molar-refractivity contribution in [1.82, 2.24) is 16.0 Å². The van der Waals surface area contributed by atoms with Crippen LogP contribution in [-0.2, 0) is 24.4 Å². The molecule has 8 heteroatoms. The van der Waals surface area contributed by atoms with E-state index in [1.807, 2.05) is 12.1 Å². The number of nitro groups is 1. The Morgan fingerprint density at radius 2 is 1.96 bits per heavy atom. The van der Waals surface area contributed by atoms with Crippen LogP contribution in [0.5, 0.6) is 0 Å². The number of hydrogen-bond acceptors (Lipinski definition) is 5. The molecule has 8 nitrogen and oxygen atoms in total. The summed E-state index contributed by atoms with van der Waals surface area (Å²) in [5, 5.41) is 19.4. The molecule has 27 heavy (non-hydrogen) atoms. The number of carbonyl (C=O) groups excluding carboxylic acids is 2. The second kappa shape index (κ2) is 7.96. The summed E-state index contributed by atoms with van der Waals surface area (Å²) in [6.07, 6.45) is 0. The maximum Gasteiger partial charge on any atom is 0.270 e. The van der Waals surface area contributed by atoms with Crippen LogP contribution in [0.2, 0.25) is 0 Å². The van der Waals surface area contributed by atoms with Gasteiger partial charge in [0, 0.05) is 37.3 Å². The van der Waals surface area contributed by atoms with Gasteiger partial charge < -0.3 is 16.0 Å². The van der Waals surface area contributed by atoms with Crippen molar-refractivity contribution in [2.45, 2.75) is 32.6 Å². The lowest BCUT2D eigenvalue weighted by Crippen LogP contribution is -2.44. The number of nitrogens with zero attached hydrogens (tertiary/aromatic N) is 1.